The molecular formula is C19H23N3OS. The van der Waals surface area contributed by atoms with E-state index >= 15 is 0 Å². The Kier molecular flexibility index (Phi) is 3.64. The highest BCUT2D eigenvalue weighted by Gasteiger charge is 2.34. The van der Waals surface area contributed by atoms with E-state index < -0.39 is 0 Å². The highest BCUT2D eigenvalue weighted by atomic mass is 32.1. The number of carbonyl (C=O) groups is 1. The number of rotatable bonds is 2. The van der Waals surface area contributed by atoms with Gasteiger partial charge in [-0.05, 0) is 45.7 Å². The van der Waals surface area contributed by atoms with Gasteiger partial charge in [-0.25, -0.2) is 4.98 Å². The maximum Gasteiger partial charge on any atom is 0.277 e. The van der Waals surface area contributed by atoms with Gasteiger partial charge < -0.3 is 9.80 Å². The van der Waals surface area contributed by atoms with Crippen LogP contribution in [0.5, 0.6) is 0 Å². The van der Waals surface area contributed by atoms with Gasteiger partial charge in [0.1, 0.15) is 5.69 Å². The SMILES string of the molecule is CC(C)(C)N1CCN(C(=O)c2csc(C3CC3)n2)c2ccccc21. The van der Waals surface area contributed by atoms with E-state index in [2.05, 4.69) is 36.7 Å². The maximum atomic E-state index is 13.0. The van der Waals surface area contributed by atoms with Gasteiger partial charge >= 0.3 is 0 Å². The van der Waals surface area contributed by atoms with Crippen LogP contribution in [-0.4, -0.2) is 29.5 Å². The van der Waals surface area contributed by atoms with Crippen molar-refractivity contribution in [3.05, 3.63) is 40.3 Å². The summed E-state index contributed by atoms with van der Waals surface area (Å²) in [6, 6.07) is 8.19. The number of aromatic nitrogens is 1. The van der Waals surface area contributed by atoms with Crippen LogP contribution in [-0.2, 0) is 0 Å². The molecule has 4 rings (SSSR count). The summed E-state index contributed by atoms with van der Waals surface area (Å²) in [5.74, 6) is 0.626. The molecule has 0 spiro atoms. The summed E-state index contributed by atoms with van der Waals surface area (Å²) in [4.78, 5) is 21.9. The minimum atomic E-state index is 0.0270. The highest BCUT2D eigenvalue weighted by molar-refractivity contribution is 7.10. The smallest absolute Gasteiger partial charge is 0.277 e. The summed E-state index contributed by atoms with van der Waals surface area (Å²) in [6.45, 7) is 8.17. The molecule has 0 unspecified atom stereocenters. The second-order valence-electron chi connectivity index (χ2n) is 7.61. The third-order valence-corrected chi connectivity index (χ3v) is 5.74. The van der Waals surface area contributed by atoms with Crippen LogP contribution in [0.3, 0.4) is 0 Å². The summed E-state index contributed by atoms with van der Waals surface area (Å²) >= 11 is 1.63. The molecule has 1 fully saturated rings. The highest BCUT2D eigenvalue weighted by Crippen LogP contribution is 2.42. The molecule has 24 heavy (non-hydrogen) atoms. The van der Waals surface area contributed by atoms with Crippen molar-refractivity contribution < 1.29 is 4.79 Å². The van der Waals surface area contributed by atoms with E-state index in [4.69, 9.17) is 0 Å². The van der Waals surface area contributed by atoms with Gasteiger partial charge in [0.05, 0.1) is 16.4 Å². The van der Waals surface area contributed by atoms with Gasteiger partial charge in [-0.3, -0.25) is 4.79 Å². The van der Waals surface area contributed by atoms with Crippen LogP contribution in [0.15, 0.2) is 29.6 Å². The Bertz CT molecular complexity index is 773. The first-order chi connectivity index (χ1) is 11.4. The third-order valence-electron chi connectivity index (χ3n) is 4.73. The number of thiazole rings is 1. The van der Waals surface area contributed by atoms with E-state index in [1.807, 2.05) is 28.5 Å². The molecule has 0 bridgehead atoms. The summed E-state index contributed by atoms with van der Waals surface area (Å²) in [5, 5.41) is 3.05. The number of carbonyl (C=O) groups excluding carboxylic acids is 1. The topological polar surface area (TPSA) is 36.4 Å². The molecule has 0 atom stereocenters. The predicted molar refractivity (Wildman–Crippen MR) is 99.3 cm³/mol. The van der Waals surface area contributed by atoms with Crippen molar-refractivity contribution in [1.29, 1.82) is 0 Å². The van der Waals surface area contributed by atoms with E-state index in [9.17, 15) is 4.79 Å². The first kappa shape index (κ1) is 15.6. The molecule has 1 aliphatic heterocycles. The minimum absolute atomic E-state index is 0.0270. The molecule has 1 aromatic heterocycles. The Hall–Kier alpha value is -1.88. The number of para-hydroxylation sites is 2. The van der Waals surface area contributed by atoms with Gasteiger partial charge in [-0.2, -0.15) is 0 Å². The monoisotopic (exact) mass is 341 g/mol. The number of nitrogens with zero attached hydrogens (tertiary/aromatic N) is 3. The molecule has 5 heteroatoms. The molecule has 2 aliphatic rings. The maximum absolute atomic E-state index is 13.0. The fraction of sp³-hybridized carbons (Fsp3) is 0.474. The average molecular weight is 341 g/mol. The summed E-state index contributed by atoms with van der Waals surface area (Å²) in [5.41, 5.74) is 2.75. The van der Waals surface area contributed by atoms with Crippen molar-refractivity contribution in [3.63, 3.8) is 0 Å². The van der Waals surface area contributed by atoms with Crippen LogP contribution in [0.1, 0.15) is 55.0 Å². The number of benzene rings is 1. The Morgan fingerprint density at radius 1 is 1.17 bits per heavy atom. The third kappa shape index (κ3) is 2.71. The molecule has 0 N–H and O–H groups in total. The fourth-order valence-electron chi connectivity index (χ4n) is 3.31. The summed E-state index contributed by atoms with van der Waals surface area (Å²) < 4.78 is 0. The molecule has 126 valence electrons. The zero-order valence-electron chi connectivity index (χ0n) is 14.5. The molecule has 4 nitrogen and oxygen atoms in total. The lowest BCUT2D eigenvalue weighted by atomic mass is 10.0. The first-order valence-electron chi connectivity index (χ1n) is 8.59. The number of fused-ring (bicyclic) bond motifs is 1. The van der Waals surface area contributed by atoms with Gasteiger partial charge in [-0.1, -0.05) is 12.1 Å². The molecule has 1 aromatic carbocycles. The molecule has 1 aliphatic carbocycles. The Morgan fingerprint density at radius 3 is 2.54 bits per heavy atom. The molecule has 2 heterocycles. The summed E-state index contributed by atoms with van der Waals surface area (Å²) in [6.07, 6.45) is 2.43. The van der Waals surface area contributed by atoms with Crippen LogP contribution < -0.4 is 9.80 Å². The standard InChI is InChI=1S/C19H23N3OS/c1-19(2,3)22-11-10-21(15-6-4-5-7-16(15)22)18(23)14-12-24-17(20-14)13-8-9-13/h4-7,12-13H,8-11H2,1-3H3. The lowest BCUT2D eigenvalue weighted by molar-refractivity contribution is 0.0981. The van der Waals surface area contributed by atoms with Crippen LogP contribution in [0.25, 0.3) is 0 Å². The Balaban J connectivity index is 1.66. The molecule has 2 aromatic rings. The van der Waals surface area contributed by atoms with Gasteiger partial charge in [0.2, 0.25) is 0 Å². The first-order valence-corrected chi connectivity index (χ1v) is 9.47. The molecule has 0 saturated heterocycles. The Morgan fingerprint density at radius 2 is 1.88 bits per heavy atom. The van der Waals surface area contributed by atoms with Gasteiger partial charge in [-0.15, -0.1) is 11.3 Å². The van der Waals surface area contributed by atoms with Crippen molar-refractivity contribution in [2.45, 2.75) is 45.1 Å². The molecule has 0 radical (unpaired) electrons. The van der Waals surface area contributed by atoms with Gasteiger partial charge in [0.25, 0.3) is 5.91 Å². The van der Waals surface area contributed by atoms with E-state index in [1.54, 1.807) is 11.3 Å². The normalized spacial score (nSPS) is 17.8. The molecule has 1 amide bonds. The molecule has 1 saturated carbocycles. The minimum Gasteiger partial charge on any atom is -0.363 e. The van der Waals surface area contributed by atoms with E-state index in [0.29, 0.717) is 18.2 Å². The van der Waals surface area contributed by atoms with Crippen LogP contribution >= 0.6 is 11.3 Å². The van der Waals surface area contributed by atoms with Crippen molar-refractivity contribution in [2.24, 2.45) is 0 Å². The lowest BCUT2D eigenvalue weighted by Crippen LogP contribution is -2.51. The van der Waals surface area contributed by atoms with E-state index in [1.165, 1.54) is 12.8 Å². The van der Waals surface area contributed by atoms with Gasteiger partial charge in [0.15, 0.2) is 0 Å². The quantitative estimate of drug-likeness (QED) is 0.818. The van der Waals surface area contributed by atoms with Crippen molar-refractivity contribution >= 4 is 28.6 Å². The largest absolute Gasteiger partial charge is 0.363 e. The second-order valence-corrected chi connectivity index (χ2v) is 8.50. The van der Waals surface area contributed by atoms with Crippen molar-refractivity contribution in [3.8, 4) is 0 Å². The number of anilines is 2. The van der Waals surface area contributed by atoms with E-state index in [-0.39, 0.29) is 11.4 Å². The predicted octanol–water partition coefficient (Wildman–Crippen LogP) is 4.29. The van der Waals surface area contributed by atoms with Crippen LogP contribution in [0, 0.1) is 0 Å². The summed E-state index contributed by atoms with van der Waals surface area (Å²) in [7, 11) is 0. The number of hydrogen-bond acceptors (Lipinski definition) is 4. The number of amides is 1. The zero-order valence-corrected chi connectivity index (χ0v) is 15.3. The van der Waals surface area contributed by atoms with Crippen LogP contribution in [0.4, 0.5) is 11.4 Å². The molecular weight excluding hydrogens is 318 g/mol. The van der Waals surface area contributed by atoms with Crippen LogP contribution in [0.2, 0.25) is 0 Å². The van der Waals surface area contributed by atoms with E-state index in [0.717, 1.165) is 22.9 Å². The van der Waals surface area contributed by atoms with Crippen molar-refractivity contribution in [1.82, 2.24) is 4.98 Å². The zero-order chi connectivity index (χ0) is 16.9. The lowest BCUT2D eigenvalue weighted by Gasteiger charge is -2.44. The second kappa shape index (κ2) is 5.59. The van der Waals surface area contributed by atoms with Crippen molar-refractivity contribution in [2.75, 3.05) is 22.9 Å². The fourth-order valence-corrected chi connectivity index (χ4v) is 4.28. The average Bonchev–Trinajstić information content (AvgIpc) is 3.29. The number of hydrogen-bond donors (Lipinski definition) is 0. The Labute approximate surface area is 147 Å². The van der Waals surface area contributed by atoms with Gasteiger partial charge in [0, 0.05) is 29.9 Å².